The lowest BCUT2D eigenvalue weighted by Gasteiger charge is -2.28. The van der Waals surface area contributed by atoms with Gasteiger partial charge in [-0.05, 0) is 50.1 Å². The Labute approximate surface area is 183 Å². The smallest absolute Gasteiger partial charge is 0.348 e. The van der Waals surface area contributed by atoms with E-state index in [-0.39, 0.29) is 27.4 Å². The Hall–Kier alpha value is -2.34. The van der Waals surface area contributed by atoms with E-state index in [2.05, 4.69) is 0 Å². The molecule has 0 unspecified atom stereocenters. The predicted molar refractivity (Wildman–Crippen MR) is 120 cm³/mol. The van der Waals surface area contributed by atoms with Crippen LogP contribution in [0.3, 0.4) is 0 Å². The summed E-state index contributed by atoms with van der Waals surface area (Å²) in [6, 6.07) is 13.9. The van der Waals surface area contributed by atoms with Crippen molar-refractivity contribution in [3.63, 3.8) is 0 Å². The third kappa shape index (κ3) is 4.17. The molecular weight excluding hydrogens is 429 g/mol. The second-order valence-corrected chi connectivity index (χ2v) is 8.66. The van der Waals surface area contributed by atoms with E-state index in [1.165, 1.54) is 11.0 Å². The Kier molecular flexibility index (Phi) is 6.32. The minimum atomic E-state index is -1.07. The summed E-state index contributed by atoms with van der Waals surface area (Å²) in [4.78, 5) is 27.9. The zero-order valence-electron chi connectivity index (χ0n) is 16.1. The molecule has 2 aromatic carbocycles. The highest BCUT2D eigenvalue weighted by Gasteiger charge is 2.31. The van der Waals surface area contributed by atoms with Gasteiger partial charge >= 0.3 is 5.97 Å². The second-order valence-electron chi connectivity index (χ2n) is 6.80. The number of amides is 1. The van der Waals surface area contributed by atoms with Crippen LogP contribution in [0.2, 0.25) is 10.0 Å². The van der Waals surface area contributed by atoms with Crippen LogP contribution in [0, 0.1) is 6.92 Å². The molecule has 0 atom stereocenters. The molecule has 3 aromatic rings. The fraction of sp³-hybridized carbons (Fsp3) is 0.182. The van der Waals surface area contributed by atoms with Gasteiger partial charge in [0, 0.05) is 15.9 Å². The van der Waals surface area contributed by atoms with Gasteiger partial charge in [-0.25, -0.2) is 4.79 Å². The van der Waals surface area contributed by atoms with Gasteiger partial charge in [0.15, 0.2) is 0 Å². The summed E-state index contributed by atoms with van der Waals surface area (Å²) < 4.78 is 0. The quantitative estimate of drug-likeness (QED) is 0.468. The topological polar surface area (TPSA) is 57.6 Å². The van der Waals surface area contributed by atoms with Crippen LogP contribution in [0.5, 0.6) is 0 Å². The molecule has 150 valence electrons. The molecule has 7 heteroatoms. The zero-order chi connectivity index (χ0) is 21.3. The summed E-state index contributed by atoms with van der Waals surface area (Å²) in [5, 5.41) is 10.5. The van der Waals surface area contributed by atoms with Crippen LogP contribution in [0.4, 0.5) is 5.69 Å². The Bertz CT molecular complexity index is 1080. The van der Waals surface area contributed by atoms with Crippen molar-refractivity contribution < 1.29 is 14.7 Å². The van der Waals surface area contributed by atoms with Crippen LogP contribution >= 0.6 is 34.5 Å². The maximum Gasteiger partial charge on any atom is 0.348 e. The van der Waals surface area contributed by atoms with Crippen molar-refractivity contribution in [3.8, 4) is 10.4 Å². The zero-order valence-corrected chi connectivity index (χ0v) is 18.4. The minimum Gasteiger partial charge on any atom is -0.477 e. The summed E-state index contributed by atoms with van der Waals surface area (Å²) in [5.74, 6) is -1.44. The summed E-state index contributed by atoms with van der Waals surface area (Å²) in [7, 11) is 0. The lowest BCUT2D eigenvalue weighted by atomic mass is 10.1. The van der Waals surface area contributed by atoms with Crippen LogP contribution in [0.25, 0.3) is 10.4 Å². The van der Waals surface area contributed by atoms with E-state index in [0.717, 1.165) is 27.3 Å². The molecule has 0 spiro atoms. The van der Waals surface area contributed by atoms with Crippen LogP contribution in [-0.4, -0.2) is 23.0 Å². The Morgan fingerprint density at radius 1 is 1.07 bits per heavy atom. The molecule has 0 aliphatic rings. The molecule has 0 bridgehead atoms. The van der Waals surface area contributed by atoms with Gasteiger partial charge in [-0.2, -0.15) is 0 Å². The molecular formula is C22H19Cl2NO3S. The van der Waals surface area contributed by atoms with Crippen LogP contribution < -0.4 is 4.90 Å². The number of benzene rings is 2. The van der Waals surface area contributed by atoms with Gasteiger partial charge in [0.1, 0.15) is 4.88 Å². The molecule has 4 nitrogen and oxygen atoms in total. The fourth-order valence-electron chi connectivity index (χ4n) is 3.19. The lowest BCUT2D eigenvalue weighted by molar-refractivity contribution is 0.0703. The number of thiophene rings is 1. The number of anilines is 1. The van der Waals surface area contributed by atoms with Crippen molar-refractivity contribution in [1.29, 1.82) is 0 Å². The number of carboxylic acids is 1. The third-order valence-corrected chi connectivity index (χ3v) is 6.35. The molecule has 0 radical (unpaired) electrons. The third-order valence-electron chi connectivity index (χ3n) is 4.48. The number of carbonyl (C=O) groups is 2. The van der Waals surface area contributed by atoms with Crippen molar-refractivity contribution in [2.24, 2.45) is 0 Å². The van der Waals surface area contributed by atoms with E-state index in [9.17, 15) is 14.7 Å². The highest BCUT2D eigenvalue weighted by atomic mass is 35.5. The molecule has 1 heterocycles. The van der Waals surface area contributed by atoms with Crippen molar-refractivity contribution in [2.75, 3.05) is 4.90 Å². The van der Waals surface area contributed by atoms with E-state index >= 15 is 0 Å². The first-order chi connectivity index (χ1) is 13.7. The van der Waals surface area contributed by atoms with E-state index in [1.807, 2.05) is 51.1 Å². The summed E-state index contributed by atoms with van der Waals surface area (Å²) in [6.07, 6.45) is 0. The lowest BCUT2D eigenvalue weighted by Crippen LogP contribution is -2.38. The SMILES string of the molecule is Cc1c(-c2ccccc2)sc(C(=O)O)c1N(C(=O)c1ccc(Cl)cc1Cl)C(C)C. The highest BCUT2D eigenvalue weighted by Crippen LogP contribution is 2.43. The number of nitrogens with zero attached hydrogens (tertiary/aromatic N) is 1. The minimum absolute atomic E-state index is 0.119. The summed E-state index contributed by atoms with van der Waals surface area (Å²) in [6.45, 7) is 5.52. The predicted octanol–water partition coefficient (Wildman–Crippen LogP) is 6.78. The molecule has 0 fully saturated rings. The van der Waals surface area contributed by atoms with Gasteiger partial charge in [0.25, 0.3) is 5.91 Å². The first kappa shape index (κ1) is 21.4. The first-order valence-electron chi connectivity index (χ1n) is 8.93. The van der Waals surface area contributed by atoms with E-state index in [1.54, 1.807) is 12.1 Å². The molecule has 1 amide bonds. The van der Waals surface area contributed by atoms with Gasteiger partial charge in [0.2, 0.25) is 0 Å². The maximum atomic E-state index is 13.4. The van der Waals surface area contributed by atoms with Crippen molar-refractivity contribution >= 4 is 52.1 Å². The van der Waals surface area contributed by atoms with Gasteiger partial charge < -0.3 is 10.0 Å². The molecule has 1 N–H and O–H groups in total. The Morgan fingerprint density at radius 2 is 1.72 bits per heavy atom. The van der Waals surface area contributed by atoms with Crippen molar-refractivity contribution in [2.45, 2.75) is 26.8 Å². The molecule has 0 saturated carbocycles. The van der Waals surface area contributed by atoms with Crippen molar-refractivity contribution in [1.82, 2.24) is 0 Å². The number of carboxylic acid groups (broad SMARTS) is 1. The number of rotatable bonds is 5. The molecule has 1 aromatic heterocycles. The fourth-order valence-corrected chi connectivity index (χ4v) is 4.82. The Balaban J connectivity index is 2.20. The Morgan fingerprint density at radius 3 is 2.28 bits per heavy atom. The van der Waals surface area contributed by atoms with Crippen LogP contribution in [0.1, 0.15) is 39.4 Å². The number of hydrogen-bond donors (Lipinski definition) is 1. The van der Waals surface area contributed by atoms with E-state index in [0.29, 0.717) is 10.7 Å². The molecule has 0 saturated heterocycles. The second kappa shape index (κ2) is 8.57. The normalized spacial score (nSPS) is 11.0. The van der Waals surface area contributed by atoms with E-state index in [4.69, 9.17) is 23.2 Å². The number of aromatic carboxylic acids is 1. The average Bonchev–Trinajstić information content (AvgIpc) is 3.00. The van der Waals surface area contributed by atoms with Crippen LogP contribution in [0.15, 0.2) is 48.5 Å². The molecule has 0 aliphatic heterocycles. The number of halogens is 2. The van der Waals surface area contributed by atoms with E-state index < -0.39 is 5.97 Å². The van der Waals surface area contributed by atoms with Gasteiger partial charge in [0.05, 0.1) is 16.3 Å². The highest BCUT2D eigenvalue weighted by molar-refractivity contribution is 7.18. The monoisotopic (exact) mass is 447 g/mol. The summed E-state index contributed by atoms with van der Waals surface area (Å²) >= 11 is 13.4. The van der Waals surface area contributed by atoms with Gasteiger partial charge in [-0.15, -0.1) is 11.3 Å². The standard InChI is InChI=1S/C22H19Cl2NO3S/c1-12(2)25(21(26)16-10-9-15(23)11-17(16)24)18-13(3)19(29-20(18)22(27)28)14-7-5-4-6-8-14/h4-12H,1-3H3,(H,27,28). The maximum absolute atomic E-state index is 13.4. The molecule has 29 heavy (non-hydrogen) atoms. The number of hydrogen-bond acceptors (Lipinski definition) is 3. The molecule has 3 rings (SSSR count). The average molecular weight is 448 g/mol. The van der Waals surface area contributed by atoms with Crippen molar-refractivity contribution in [3.05, 3.63) is 74.6 Å². The number of carbonyl (C=O) groups excluding carboxylic acids is 1. The first-order valence-corrected chi connectivity index (χ1v) is 10.5. The molecule has 0 aliphatic carbocycles. The summed E-state index contributed by atoms with van der Waals surface area (Å²) in [5.41, 5.74) is 2.32. The van der Waals surface area contributed by atoms with Gasteiger partial charge in [-0.3, -0.25) is 4.79 Å². The van der Waals surface area contributed by atoms with Crippen LogP contribution in [-0.2, 0) is 0 Å². The largest absolute Gasteiger partial charge is 0.477 e. The van der Waals surface area contributed by atoms with Gasteiger partial charge in [-0.1, -0.05) is 53.5 Å².